The number of carbonyl (C=O) groups is 1. The van der Waals surface area contributed by atoms with Crippen molar-refractivity contribution in [3.63, 3.8) is 0 Å². The smallest absolute Gasteiger partial charge is 0.314 e. The normalized spacial score (nSPS) is 12.4. The predicted molar refractivity (Wildman–Crippen MR) is 67.8 cm³/mol. The van der Waals surface area contributed by atoms with E-state index in [9.17, 15) is 14.9 Å². The number of hydrogen-bond acceptors (Lipinski definition) is 5. The highest BCUT2D eigenvalue weighted by Crippen LogP contribution is 2.28. The maximum absolute atomic E-state index is 11.6. The summed E-state index contributed by atoms with van der Waals surface area (Å²) in [4.78, 5) is 21.9. The summed E-state index contributed by atoms with van der Waals surface area (Å²) in [6.45, 7) is 1.69. The van der Waals surface area contributed by atoms with Crippen molar-refractivity contribution in [3.05, 3.63) is 34.0 Å². The largest absolute Gasteiger partial charge is 0.469 e. The second kappa shape index (κ2) is 4.68. The summed E-state index contributed by atoms with van der Waals surface area (Å²) in [7, 11) is 2.99. The van der Waals surface area contributed by atoms with Gasteiger partial charge in [-0.05, 0) is 13.0 Å². The van der Waals surface area contributed by atoms with E-state index in [0.29, 0.717) is 16.6 Å². The van der Waals surface area contributed by atoms with Gasteiger partial charge in [0.1, 0.15) is 0 Å². The molecule has 0 aliphatic rings. The molecule has 0 aliphatic heterocycles. The molecule has 0 saturated heterocycles. The first-order valence-corrected chi connectivity index (χ1v) is 5.64. The summed E-state index contributed by atoms with van der Waals surface area (Å²) >= 11 is 0. The zero-order valence-corrected chi connectivity index (χ0v) is 10.8. The Hall–Kier alpha value is -2.44. The van der Waals surface area contributed by atoms with E-state index in [4.69, 9.17) is 4.74 Å². The third kappa shape index (κ3) is 2.14. The lowest BCUT2D eigenvalue weighted by Crippen LogP contribution is -2.11. The number of ether oxygens (including phenoxy) is 1. The predicted octanol–water partition coefficient (Wildman–Crippen LogP) is 1.76. The van der Waals surface area contributed by atoms with Crippen molar-refractivity contribution in [2.75, 3.05) is 7.11 Å². The van der Waals surface area contributed by atoms with Crippen molar-refractivity contribution in [3.8, 4) is 0 Å². The Bertz CT molecular complexity index is 662. The number of benzene rings is 1. The van der Waals surface area contributed by atoms with Crippen LogP contribution in [0.4, 0.5) is 5.69 Å². The van der Waals surface area contributed by atoms with Crippen molar-refractivity contribution in [2.24, 2.45) is 7.05 Å². The summed E-state index contributed by atoms with van der Waals surface area (Å²) in [6, 6.07) is 4.45. The van der Waals surface area contributed by atoms with Gasteiger partial charge in [0.25, 0.3) is 5.69 Å². The number of fused-ring (bicyclic) bond motifs is 1. The highest BCUT2D eigenvalue weighted by atomic mass is 16.6. The SMILES string of the molecule is COC(=O)C(C)c1nn(C)c2cc([N+](=O)[O-])ccc12. The number of nitrogens with zero attached hydrogens (tertiary/aromatic N) is 3. The lowest BCUT2D eigenvalue weighted by molar-refractivity contribution is -0.384. The van der Waals surface area contributed by atoms with Crippen LogP contribution in [-0.4, -0.2) is 27.8 Å². The van der Waals surface area contributed by atoms with Gasteiger partial charge in [0, 0.05) is 24.6 Å². The molecule has 100 valence electrons. The van der Waals surface area contributed by atoms with Crippen molar-refractivity contribution >= 4 is 22.6 Å². The number of methoxy groups -OCH3 is 1. The van der Waals surface area contributed by atoms with Crippen molar-refractivity contribution in [1.29, 1.82) is 0 Å². The highest BCUT2D eigenvalue weighted by molar-refractivity contribution is 5.89. The van der Waals surface area contributed by atoms with Crippen LogP contribution in [0.15, 0.2) is 18.2 Å². The molecule has 0 aliphatic carbocycles. The van der Waals surface area contributed by atoms with Crippen LogP contribution in [0.25, 0.3) is 10.9 Å². The number of esters is 1. The summed E-state index contributed by atoms with van der Waals surface area (Å²) in [5.74, 6) is -0.909. The summed E-state index contributed by atoms with van der Waals surface area (Å²) in [5, 5.41) is 15.7. The maximum Gasteiger partial charge on any atom is 0.314 e. The minimum Gasteiger partial charge on any atom is -0.469 e. The van der Waals surface area contributed by atoms with Crippen LogP contribution in [-0.2, 0) is 16.6 Å². The molecule has 19 heavy (non-hydrogen) atoms. The molecule has 1 aromatic heterocycles. The molecule has 0 radical (unpaired) electrons. The van der Waals surface area contributed by atoms with Crippen molar-refractivity contribution in [1.82, 2.24) is 9.78 Å². The minimum absolute atomic E-state index is 0.00669. The topological polar surface area (TPSA) is 87.3 Å². The van der Waals surface area contributed by atoms with Crippen LogP contribution in [0.3, 0.4) is 0 Å². The Morgan fingerprint density at radius 3 is 2.79 bits per heavy atom. The van der Waals surface area contributed by atoms with E-state index in [2.05, 4.69) is 5.10 Å². The first-order valence-electron chi connectivity index (χ1n) is 5.64. The van der Waals surface area contributed by atoms with Crippen LogP contribution < -0.4 is 0 Å². The number of carbonyl (C=O) groups excluding carboxylic acids is 1. The number of rotatable bonds is 3. The van der Waals surface area contributed by atoms with E-state index in [1.165, 1.54) is 23.9 Å². The molecule has 7 heteroatoms. The average Bonchev–Trinajstić information content (AvgIpc) is 2.74. The Balaban J connectivity index is 2.60. The Morgan fingerprint density at radius 2 is 2.21 bits per heavy atom. The highest BCUT2D eigenvalue weighted by Gasteiger charge is 2.23. The van der Waals surface area contributed by atoms with E-state index in [0.717, 1.165) is 0 Å². The second-order valence-corrected chi connectivity index (χ2v) is 4.21. The molecule has 1 atom stereocenters. The van der Waals surface area contributed by atoms with Crippen LogP contribution in [0.5, 0.6) is 0 Å². The van der Waals surface area contributed by atoms with Gasteiger partial charge in [-0.25, -0.2) is 0 Å². The van der Waals surface area contributed by atoms with Crippen LogP contribution >= 0.6 is 0 Å². The molecule has 2 rings (SSSR count). The molecule has 1 unspecified atom stereocenters. The van der Waals surface area contributed by atoms with Gasteiger partial charge in [0.05, 0.1) is 29.2 Å². The number of aromatic nitrogens is 2. The average molecular weight is 263 g/mol. The first-order chi connectivity index (χ1) is 8.95. The van der Waals surface area contributed by atoms with E-state index >= 15 is 0 Å². The lowest BCUT2D eigenvalue weighted by atomic mass is 10.0. The van der Waals surface area contributed by atoms with E-state index in [1.807, 2.05) is 0 Å². The fourth-order valence-electron chi connectivity index (χ4n) is 2.00. The molecular weight excluding hydrogens is 250 g/mol. The fourth-order valence-corrected chi connectivity index (χ4v) is 2.00. The molecular formula is C12H13N3O4. The molecule has 7 nitrogen and oxygen atoms in total. The molecule has 0 bridgehead atoms. The van der Waals surface area contributed by atoms with E-state index in [-0.39, 0.29) is 5.69 Å². The summed E-state index contributed by atoms with van der Waals surface area (Å²) in [6.07, 6.45) is 0. The number of nitro benzene ring substituents is 1. The Labute approximate surface area is 108 Å². The third-order valence-corrected chi connectivity index (χ3v) is 3.04. The van der Waals surface area contributed by atoms with Gasteiger partial charge in [0.2, 0.25) is 0 Å². The first kappa shape index (κ1) is 13.0. The lowest BCUT2D eigenvalue weighted by Gasteiger charge is -2.05. The van der Waals surface area contributed by atoms with Crippen molar-refractivity contribution in [2.45, 2.75) is 12.8 Å². The van der Waals surface area contributed by atoms with E-state index in [1.54, 1.807) is 20.0 Å². The zero-order valence-electron chi connectivity index (χ0n) is 10.8. The van der Waals surface area contributed by atoms with Gasteiger partial charge < -0.3 is 4.74 Å². The molecule has 2 aromatic rings. The molecule has 0 fully saturated rings. The Morgan fingerprint density at radius 1 is 1.53 bits per heavy atom. The fraction of sp³-hybridized carbons (Fsp3) is 0.333. The molecule has 0 N–H and O–H groups in total. The monoisotopic (exact) mass is 263 g/mol. The van der Waals surface area contributed by atoms with Gasteiger partial charge in [-0.3, -0.25) is 19.6 Å². The Kier molecular flexibility index (Phi) is 3.20. The number of non-ortho nitro benzene ring substituents is 1. The van der Waals surface area contributed by atoms with Gasteiger partial charge in [-0.2, -0.15) is 5.10 Å². The number of aryl methyl sites for hydroxylation is 1. The molecule has 0 amide bonds. The van der Waals surface area contributed by atoms with Gasteiger partial charge in [-0.1, -0.05) is 0 Å². The molecule has 0 saturated carbocycles. The number of nitro groups is 1. The molecule has 1 aromatic carbocycles. The summed E-state index contributed by atoms with van der Waals surface area (Å²) in [5.41, 5.74) is 1.16. The standard InChI is InChI=1S/C12H13N3O4/c1-7(12(16)19-3)11-9-5-4-8(15(17)18)6-10(9)14(2)13-11/h4-7H,1-3H3. The van der Waals surface area contributed by atoms with Gasteiger partial charge >= 0.3 is 5.97 Å². The van der Waals surface area contributed by atoms with Gasteiger partial charge in [0.15, 0.2) is 0 Å². The number of hydrogen-bond donors (Lipinski definition) is 0. The van der Waals surface area contributed by atoms with E-state index < -0.39 is 16.8 Å². The third-order valence-electron chi connectivity index (χ3n) is 3.04. The maximum atomic E-state index is 11.6. The quantitative estimate of drug-likeness (QED) is 0.478. The van der Waals surface area contributed by atoms with Crippen LogP contribution in [0.1, 0.15) is 18.5 Å². The summed E-state index contributed by atoms with van der Waals surface area (Å²) < 4.78 is 6.22. The molecule has 1 heterocycles. The second-order valence-electron chi connectivity index (χ2n) is 4.21. The van der Waals surface area contributed by atoms with Crippen LogP contribution in [0.2, 0.25) is 0 Å². The zero-order chi connectivity index (χ0) is 14.2. The minimum atomic E-state index is -0.518. The molecule has 0 spiro atoms. The van der Waals surface area contributed by atoms with Crippen molar-refractivity contribution < 1.29 is 14.5 Å². The van der Waals surface area contributed by atoms with Crippen LogP contribution in [0, 0.1) is 10.1 Å². The van der Waals surface area contributed by atoms with Gasteiger partial charge in [-0.15, -0.1) is 0 Å².